The molecule has 0 radical (unpaired) electrons. The van der Waals surface area contributed by atoms with E-state index in [9.17, 15) is 0 Å². The molecule has 76 heavy (non-hydrogen) atoms. The lowest BCUT2D eigenvalue weighted by Crippen LogP contribution is -2.32. The molecule has 0 N–H and O–H groups in total. The average Bonchev–Trinajstić information content (AvgIpc) is 4.01. The lowest BCUT2D eigenvalue weighted by atomic mass is 9.60. The van der Waals surface area contributed by atoms with Crippen molar-refractivity contribution < 1.29 is 4.74 Å². The van der Waals surface area contributed by atoms with Crippen LogP contribution in [0.5, 0.6) is 11.5 Å². The van der Waals surface area contributed by atoms with Crippen LogP contribution in [0.25, 0.3) is 78.9 Å². The summed E-state index contributed by atoms with van der Waals surface area (Å²) < 4.78 is 6.77. The number of rotatable bonds is 6. The fraction of sp³-hybridized carbons (Fsp3) is 0.0429. The molecule has 0 saturated heterocycles. The van der Waals surface area contributed by atoms with Crippen molar-refractivity contribution in [3.05, 3.63) is 305 Å². The molecule has 6 nitrogen and oxygen atoms in total. The summed E-state index contributed by atoms with van der Waals surface area (Å²) in [7, 11) is 0. The zero-order valence-corrected chi connectivity index (χ0v) is 41.0. The van der Waals surface area contributed by atoms with E-state index in [-0.39, 0.29) is 11.8 Å². The monoisotopic (exact) mass is 969 g/mol. The molecule has 6 heteroatoms. The van der Waals surface area contributed by atoms with Crippen LogP contribution in [0.2, 0.25) is 0 Å². The van der Waals surface area contributed by atoms with Gasteiger partial charge in [-0.3, -0.25) is 9.97 Å². The topological polar surface area (TPSA) is 73.7 Å². The maximum absolute atomic E-state index is 6.77. The van der Waals surface area contributed by atoms with Crippen LogP contribution in [0, 0.1) is 0 Å². The second-order valence-electron chi connectivity index (χ2n) is 20.2. The van der Waals surface area contributed by atoms with Gasteiger partial charge in [-0.05, 0) is 103 Å². The summed E-state index contributed by atoms with van der Waals surface area (Å²) in [6, 6.07) is 84.5. The van der Waals surface area contributed by atoms with Crippen LogP contribution in [0.1, 0.15) is 67.5 Å². The van der Waals surface area contributed by atoms with Gasteiger partial charge in [0.1, 0.15) is 11.5 Å². The van der Waals surface area contributed by atoms with Crippen LogP contribution >= 0.6 is 0 Å². The first-order chi connectivity index (χ1) is 37.7. The standard InChI is InChI=1S/C70H43N5O/c1-3-15-43(16-4-1)61-40-72-62(41-71-61)47-32-35-54-56(38-47)66-52-22-8-7-21-51(52)65(54)55-37-46(31-34-53(55)66)42-27-29-45(30-28-42)68-73-67(44-17-5-2-6-18-44)74-69(75-68)48-33-36-64-60(39-48)70(59-25-13-14-26-63(59)76-64)57-23-11-9-19-49(57)50-20-10-12-24-58(50)70/h1-41,65-66H. The quantitative estimate of drug-likeness (QED) is 0.165. The van der Waals surface area contributed by atoms with Crippen molar-refractivity contribution in [3.8, 4) is 90.4 Å². The number of nitrogens with zero attached hydrogens (tertiary/aromatic N) is 5. The Kier molecular flexibility index (Phi) is 9.27. The summed E-state index contributed by atoms with van der Waals surface area (Å²) >= 11 is 0. The minimum absolute atomic E-state index is 0.115. The number of hydrogen-bond acceptors (Lipinski definition) is 6. The number of benzene rings is 10. The zero-order valence-electron chi connectivity index (χ0n) is 41.0. The molecule has 0 fully saturated rings. The Morgan fingerprint density at radius 1 is 0.289 bits per heavy atom. The minimum Gasteiger partial charge on any atom is -0.457 e. The van der Waals surface area contributed by atoms with Crippen molar-refractivity contribution in [1.29, 1.82) is 0 Å². The summed E-state index contributed by atoms with van der Waals surface area (Å²) in [6.07, 6.45) is 3.78. The highest BCUT2D eigenvalue weighted by Gasteiger charge is 2.51. The average molecular weight is 970 g/mol. The first-order valence-electron chi connectivity index (χ1n) is 25.9. The van der Waals surface area contributed by atoms with Gasteiger partial charge in [-0.15, -0.1) is 0 Å². The molecule has 4 aliphatic carbocycles. The van der Waals surface area contributed by atoms with Gasteiger partial charge in [-0.25, -0.2) is 15.0 Å². The molecule has 12 aromatic rings. The van der Waals surface area contributed by atoms with Gasteiger partial charge in [0, 0.05) is 50.8 Å². The maximum atomic E-state index is 6.77. The van der Waals surface area contributed by atoms with Crippen molar-refractivity contribution in [2.45, 2.75) is 17.3 Å². The Hall–Kier alpha value is -9.91. The molecule has 1 aliphatic heterocycles. The van der Waals surface area contributed by atoms with Gasteiger partial charge in [0.2, 0.25) is 0 Å². The highest BCUT2D eigenvalue weighted by molar-refractivity contribution is 5.89. The highest BCUT2D eigenvalue weighted by Crippen LogP contribution is 2.62. The maximum Gasteiger partial charge on any atom is 0.164 e. The van der Waals surface area contributed by atoms with Crippen LogP contribution in [0.15, 0.2) is 249 Å². The summed E-state index contributed by atoms with van der Waals surface area (Å²) in [5.74, 6) is 3.72. The largest absolute Gasteiger partial charge is 0.457 e. The van der Waals surface area contributed by atoms with E-state index in [1.54, 1.807) is 0 Å². The number of para-hydroxylation sites is 1. The van der Waals surface area contributed by atoms with E-state index in [0.29, 0.717) is 17.5 Å². The Bertz CT molecular complexity index is 4280. The predicted molar refractivity (Wildman–Crippen MR) is 300 cm³/mol. The Labute approximate surface area is 439 Å². The molecule has 0 amide bonds. The molecule has 2 bridgehead atoms. The molecule has 2 aromatic heterocycles. The summed E-state index contributed by atoms with van der Waals surface area (Å²) in [5.41, 5.74) is 23.5. The number of aromatic nitrogens is 5. The van der Waals surface area contributed by atoms with E-state index in [1.165, 1.54) is 61.2 Å². The second-order valence-corrected chi connectivity index (χ2v) is 20.2. The third-order valence-corrected chi connectivity index (χ3v) is 16.3. The van der Waals surface area contributed by atoms with Crippen molar-refractivity contribution >= 4 is 0 Å². The van der Waals surface area contributed by atoms with E-state index in [0.717, 1.165) is 67.4 Å². The predicted octanol–water partition coefficient (Wildman–Crippen LogP) is 16.1. The first kappa shape index (κ1) is 42.6. The van der Waals surface area contributed by atoms with Crippen molar-refractivity contribution in [2.24, 2.45) is 0 Å². The SMILES string of the molecule is c1ccc(-c2cnc(-c3ccc4c(c3)C3c5ccccc5C4c4cc(-c5ccc(-c6nc(-c7ccccc7)nc(-c7ccc8c(c7)C7(c9ccccc9O8)c8ccccc8-c8ccccc87)n6)cc5)ccc43)cn2)cc1. The van der Waals surface area contributed by atoms with Crippen molar-refractivity contribution in [1.82, 2.24) is 24.9 Å². The zero-order chi connectivity index (χ0) is 49.9. The smallest absolute Gasteiger partial charge is 0.164 e. The molecule has 354 valence electrons. The van der Waals surface area contributed by atoms with E-state index in [4.69, 9.17) is 29.7 Å². The Morgan fingerprint density at radius 2 is 0.724 bits per heavy atom. The first-order valence-corrected chi connectivity index (χ1v) is 25.9. The highest BCUT2D eigenvalue weighted by atomic mass is 16.5. The molecule has 3 heterocycles. The van der Waals surface area contributed by atoms with E-state index in [1.807, 2.05) is 48.8 Å². The van der Waals surface area contributed by atoms with Gasteiger partial charge in [0.05, 0.1) is 29.2 Å². The molecule has 17 rings (SSSR count). The minimum atomic E-state index is -0.611. The molecule has 2 atom stereocenters. The molecule has 1 spiro atoms. The van der Waals surface area contributed by atoms with Crippen LogP contribution < -0.4 is 4.74 Å². The fourth-order valence-corrected chi connectivity index (χ4v) is 12.9. The normalized spacial score (nSPS) is 15.3. The molecular formula is C70H43N5O. The van der Waals surface area contributed by atoms with Gasteiger partial charge < -0.3 is 4.74 Å². The third-order valence-electron chi connectivity index (χ3n) is 16.3. The van der Waals surface area contributed by atoms with Crippen LogP contribution in [0.3, 0.4) is 0 Å². The van der Waals surface area contributed by atoms with Crippen molar-refractivity contribution in [3.63, 3.8) is 0 Å². The van der Waals surface area contributed by atoms with Gasteiger partial charge in [-0.2, -0.15) is 0 Å². The van der Waals surface area contributed by atoms with Gasteiger partial charge >= 0.3 is 0 Å². The lowest BCUT2D eigenvalue weighted by Gasteiger charge is -2.42. The third kappa shape index (κ3) is 6.31. The molecular weight excluding hydrogens is 927 g/mol. The molecule has 5 aliphatic rings. The van der Waals surface area contributed by atoms with E-state index in [2.05, 4.69) is 200 Å². The summed E-state index contributed by atoms with van der Waals surface area (Å²) in [6.45, 7) is 0. The summed E-state index contributed by atoms with van der Waals surface area (Å²) in [4.78, 5) is 25.4. The van der Waals surface area contributed by atoms with Gasteiger partial charge in [0.15, 0.2) is 17.5 Å². The number of hydrogen-bond donors (Lipinski definition) is 0. The number of ether oxygens (including phenoxy) is 1. The summed E-state index contributed by atoms with van der Waals surface area (Å²) in [5, 5.41) is 0. The van der Waals surface area contributed by atoms with Gasteiger partial charge in [-0.1, -0.05) is 200 Å². The van der Waals surface area contributed by atoms with Crippen LogP contribution in [-0.2, 0) is 5.41 Å². The van der Waals surface area contributed by atoms with Crippen LogP contribution in [0.4, 0.5) is 0 Å². The molecule has 2 unspecified atom stereocenters. The Morgan fingerprint density at radius 3 is 1.36 bits per heavy atom. The van der Waals surface area contributed by atoms with E-state index < -0.39 is 5.41 Å². The Balaban J connectivity index is 0.766. The molecule has 0 saturated carbocycles. The van der Waals surface area contributed by atoms with E-state index >= 15 is 0 Å². The van der Waals surface area contributed by atoms with Crippen LogP contribution in [-0.4, -0.2) is 24.9 Å². The second kappa shape index (κ2) is 16.6. The van der Waals surface area contributed by atoms with Crippen molar-refractivity contribution in [2.75, 3.05) is 0 Å². The fourth-order valence-electron chi connectivity index (χ4n) is 12.9. The number of fused-ring (bicyclic) bond motifs is 9. The molecule has 10 aromatic carbocycles. The van der Waals surface area contributed by atoms with Gasteiger partial charge in [0.25, 0.3) is 0 Å². The lowest BCUT2D eigenvalue weighted by molar-refractivity contribution is 0.436.